The summed E-state index contributed by atoms with van der Waals surface area (Å²) in [5.74, 6) is 0.642. The highest BCUT2D eigenvalue weighted by molar-refractivity contribution is 5.92. The lowest BCUT2D eigenvalue weighted by molar-refractivity contribution is 0.0944. The van der Waals surface area contributed by atoms with Crippen LogP contribution in [0, 0.1) is 12.8 Å². The monoisotopic (exact) mass is 355 g/mol. The van der Waals surface area contributed by atoms with Crippen molar-refractivity contribution in [1.82, 2.24) is 15.3 Å². The van der Waals surface area contributed by atoms with E-state index in [1.807, 2.05) is 19.1 Å². The largest absolute Gasteiger partial charge is 0.372 e. The summed E-state index contributed by atoms with van der Waals surface area (Å²) < 4.78 is 0. The number of carbonyl (C=O) groups excluding carboxylic acids is 1. The van der Waals surface area contributed by atoms with Gasteiger partial charge in [-0.05, 0) is 57.0 Å². The summed E-state index contributed by atoms with van der Waals surface area (Å²) in [6.07, 6.45) is 0. The highest BCUT2D eigenvalue weighted by atomic mass is 16.1. The third-order valence-electron chi connectivity index (χ3n) is 4.01. The van der Waals surface area contributed by atoms with E-state index in [1.54, 1.807) is 6.07 Å². The predicted octanol–water partition coefficient (Wildman–Crippen LogP) is 3.76. The van der Waals surface area contributed by atoms with Crippen LogP contribution < -0.4 is 15.5 Å². The van der Waals surface area contributed by atoms with Gasteiger partial charge in [0.15, 0.2) is 0 Å². The van der Waals surface area contributed by atoms with Crippen molar-refractivity contribution in [3.8, 4) is 0 Å². The number of aromatic nitrogens is 2. The maximum absolute atomic E-state index is 12.3. The molecule has 0 aliphatic heterocycles. The van der Waals surface area contributed by atoms with Gasteiger partial charge >= 0.3 is 0 Å². The zero-order chi connectivity index (χ0) is 19.1. The topological polar surface area (TPSA) is 70.2 Å². The van der Waals surface area contributed by atoms with Crippen molar-refractivity contribution in [2.75, 3.05) is 29.9 Å². The van der Waals surface area contributed by atoms with Crippen LogP contribution in [-0.2, 0) is 0 Å². The van der Waals surface area contributed by atoms with Crippen LogP contribution in [0.5, 0.6) is 0 Å². The molecule has 140 valence electrons. The van der Waals surface area contributed by atoms with E-state index in [4.69, 9.17) is 0 Å². The molecule has 2 N–H and O–H groups in total. The average Bonchev–Trinajstić information content (AvgIpc) is 2.61. The quantitative estimate of drug-likeness (QED) is 0.754. The summed E-state index contributed by atoms with van der Waals surface area (Å²) in [4.78, 5) is 23.3. The number of hydrogen-bond donors (Lipinski definition) is 2. The Morgan fingerprint density at radius 1 is 1.12 bits per heavy atom. The molecule has 1 aromatic carbocycles. The second-order valence-electron chi connectivity index (χ2n) is 6.67. The van der Waals surface area contributed by atoms with Crippen molar-refractivity contribution in [3.63, 3.8) is 0 Å². The van der Waals surface area contributed by atoms with Gasteiger partial charge in [0.1, 0.15) is 5.69 Å². The fourth-order valence-electron chi connectivity index (χ4n) is 2.60. The van der Waals surface area contributed by atoms with E-state index >= 15 is 0 Å². The van der Waals surface area contributed by atoms with Gasteiger partial charge in [0.2, 0.25) is 5.95 Å². The second-order valence-corrected chi connectivity index (χ2v) is 6.67. The van der Waals surface area contributed by atoms with E-state index in [9.17, 15) is 4.79 Å². The molecule has 6 heteroatoms. The highest BCUT2D eigenvalue weighted by Gasteiger charge is 2.11. The molecule has 1 amide bonds. The minimum atomic E-state index is -0.177. The van der Waals surface area contributed by atoms with Gasteiger partial charge < -0.3 is 15.5 Å². The Hall–Kier alpha value is -2.63. The van der Waals surface area contributed by atoms with Crippen LogP contribution in [0.1, 0.15) is 43.9 Å². The molecule has 6 nitrogen and oxygen atoms in total. The molecule has 0 aliphatic carbocycles. The van der Waals surface area contributed by atoms with E-state index < -0.39 is 0 Å². The molecule has 2 rings (SSSR count). The molecular formula is C20H29N5O. The minimum Gasteiger partial charge on any atom is -0.372 e. The molecule has 0 bridgehead atoms. The number of hydrogen-bond acceptors (Lipinski definition) is 5. The number of anilines is 3. The van der Waals surface area contributed by atoms with E-state index in [0.29, 0.717) is 24.1 Å². The second kappa shape index (κ2) is 9.17. The fraction of sp³-hybridized carbons (Fsp3) is 0.450. The van der Waals surface area contributed by atoms with Gasteiger partial charge in [0.05, 0.1) is 0 Å². The smallest absolute Gasteiger partial charge is 0.270 e. The molecule has 0 aliphatic rings. The lowest BCUT2D eigenvalue weighted by Gasteiger charge is -2.21. The molecule has 0 spiro atoms. The zero-order valence-corrected chi connectivity index (χ0v) is 16.3. The Morgan fingerprint density at radius 3 is 2.35 bits per heavy atom. The van der Waals surface area contributed by atoms with E-state index in [1.165, 1.54) is 5.69 Å². The molecule has 0 radical (unpaired) electrons. The molecule has 0 unspecified atom stereocenters. The van der Waals surface area contributed by atoms with Crippen molar-refractivity contribution in [3.05, 3.63) is 41.7 Å². The first-order valence-corrected chi connectivity index (χ1v) is 9.18. The zero-order valence-electron chi connectivity index (χ0n) is 16.3. The van der Waals surface area contributed by atoms with Crippen LogP contribution in [-0.4, -0.2) is 35.5 Å². The number of nitrogens with zero attached hydrogens (tertiary/aromatic N) is 3. The van der Waals surface area contributed by atoms with E-state index in [-0.39, 0.29) is 5.91 Å². The summed E-state index contributed by atoms with van der Waals surface area (Å²) in [5.41, 5.74) is 3.19. The van der Waals surface area contributed by atoms with Crippen molar-refractivity contribution in [2.24, 2.45) is 5.92 Å². The Balaban J connectivity index is 2.13. The Bertz CT molecular complexity index is 723. The molecule has 0 saturated heterocycles. The normalized spacial score (nSPS) is 10.7. The van der Waals surface area contributed by atoms with E-state index in [0.717, 1.165) is 24.5 Å². The third kappa shape index (κ3) is 5.44. The summed E-state index contributed by atoms with van der Waals surface area (Å²) in [5, 5.41) is 6.07. The van der Waals surface area contributed by atoms with Crippen LogP contribution in [0.3, 0.4) is 0 Å². The standard InChI is InChI=1S/C20H29N5O/c1-6-25(7-2)17-10-8-16(9-11-17)23-20-22-15(5)12-18(24-20)19(26)21-13-14(3)4/h8-12,14H,6-7,13H2,1-5H3,(H,21,26)(H,22,23,24). The van der Waals surface area contributed by atoms with Gasteiger partial charge in [0.25, 0.3) is 5.91 Å². The van der Waals surface area contributed by atoms with Crippen molar-refractivity contribution >= 4 is 23.2 Å². The van der Waals surface area contributed by atoms with Crippen molar-refractivity contribution < 1.29 is 4.79 Å². The van der Waals surface area contributed by atoms with Crippen LogP contribution in [0.4, 0.5) is 17.3 Å². The van der Waals surface area contributed by atoms with Gasteiger partial charge in [-0.1, -0.05) is 13.8 Å². The maximum atomic E-state index is 12.3. The number of benzene rings is 1. The third-order valence-corrected chi connectivity index (χ3v) is 4.01. The van der Waals surface area contributed by atoms with Gasteiger partial charge in [0, 0.05) is 36.7 Å². The lowest BCUT2D eigenvalue weighted by Crippen LogP contribution is -2.28. The Labute approximate surface area is 156 Å². The maximum Gasteiger partial charge on any atom is 0.270 e. The van der Waals surface area contributed by atoms with Crippen molar-refractivity contribution in [1.29, 1.82) is 0 Å². The van der Waals surface area contributed by atoms with Crippen LogP contribution in [0.2, 0.25) is 0 Å². The molecule has 1 aromatic heterocycles. The average molecular weight is 355 g/mol. The highest BCUT2D eigenvalue weighted by Crippen LogP contribution is 2.20. The molecule has 26 heavy (non-hydrogen) atoms. The first-order chi connectivity index (χ1) is 12.4. The minimum absolute atomic E-state index is 0.177. The number of aryl methyl sites for hydroxylation is 1. The Morgan fingerprint density at radius 2 is 1.77 bits per heavy atom. The number of nitrogens with one attached hydrogen (secondary N) is 2. The molecule has 0 saturated carbocycles. The molecule has 0 atom stereocenters. The summed E-state index contributed by atoms with van der Waals surface area (Å²) in [6, 6.07) is 9.84. The lowest BCUT2D eigenvalue weighted by atomic mass is 10.2. The number of amides is 1. The number of carbonyl (C=O) groups is 1. The number of rotatable bonds is 8. The molecule has 1 heterocycles. The van der Waals surface area contributed by atoms with Crippen LogP contribution in [0.25, 0.3) is 0 Å². The molecular weight excluding hydrogens is 326 g/mol. The van der Waals surface area contributed by atoms with Gasteiger partial charge in [-0.3, -0.25) is 4.79 Å². The summed E-state index contributed by atoms with van der Waals surface area (Å²) >= 11 is 0. The SMILES string of the molecule is CCN(CC)c1ccc(Nc2nc(C)cc(C(=O)NCC(C)C)n2)cc1. The van der Waals surface area contributed by atoms with E-state index in [2.05, 4.69) is 65.3 Å². The van der Waals surface area contributed by atoms with Crippen LogP contribution in [0.15, 0.2) is 30.3 Å². The van der Waals surface area contributed by atoms with Gasteiger partial charge in [-0.25, -0.2) is 9.97 Å². The fourth-order valence-corrected chi connectivity index (χ4v) is 2.60. The first kappa shape index (κ1) is 19.7. The summed E-state index contributed by atoms with van der Waals surface area (Å²) in [6.45, 7) is 12.8. The Kier molecular flexibility index (Phi) is 6.95. The van der Waals surface area contributed by atoms with Gasteiger partial charge in [-0.2, -0.15) is 0 Å². The molecule has 2 aromatic rings. The van der Waals surface area contributed by atoms with Gasteiger partial charge in [-0.15, -0.1) is 0 Å². The first-order valence-electron chi connectivity index (χ1n) is 9.18. The van der Waals surface area contributed by atoms with Crippen molar-refractivity contribution in [2.45, 2.75) is 34.6 Å². The predicted molar refractivity (Wildman–Crippen MR) is 107 cm³/mol. The summed E-state index contributed by atoms with van der Waals surface area (Å²) in [7, 11) is 0. The molecule has 0 fully saturated rings. The van der Waals surface area contributed by atoms with Crippen LogP contribution >= 0.6 is 0 Å².